The van der Waals surface area contributed by atoms with E-state index < -0.39 is 0 Å². The summed E-state index contributed by atoms with van der Waals surface area (Å²) in [7, 11) is 1.36. The molecule has 0 N–H and O–H groups in total. The Balaban J connectivity index is 2.35. The van der Waals surface area contributed by atoms with Crippen molar-refractivity contribution in [3.8, 4) is 0 Å². The number of amides is 1. The second-order valence-electron chi connectivity index (χ2n) is 4.78. The van der Waals surface area contributed by atoms with Gasteiger partial charge in [-0.25, -0.2) is 0 Å². The van der Waals surface area contributed by atoms with Crippen LogP contribution in [0.4, 0.5) is 0 Å². The third-order valence-electron chi connectivity index (χ3n) is 3.12. The molecule has 116 valence electrons. The van der Waals surface area contributed by atoms with E-state index in [1.165, 1.54) is 18.2 Å². The van der Waals surface area contributed by atoms with Gasteiger partial charge in [-0.15, -0.1) is 11.8 Å². The average molecular weight is 309 g/mol. The minimum absolute atomic E-state index is 0.0686. The predicted molar refractivity (Wildman–Crippen MR) is 86.2 cm³/mol. The van der Waals surface area contributed by atoms with Gasteiger partial charge in [0.25, 0.3) is 0 Å². The van der Waals surface area contributed by atoms with E-state index in [0.717, 1.165) is 5.75 Å². The third kappa shape index (κ3) is 6.67. The van der Waals surface area contributed by atoms with E-state index in [1.54, 1.807) is 16.7 Å². The van der Waals surface area contributed by atoms with E-state index in [1.807, 2.05) is 13.0 Å². The summed E-state index contributed by atoms with van der Waals surface area (Å²) in [6, 6.07) is 8.29. The van der Waals surface area contributed by atoms with Gasteiger partial charge < -0.3 is 9.64 Å². The zero-order valence-corrected chi connectivity index (χ0v) is 13.7. The molecule has 1 aromatic carbocycles. The number of rotatable bonds is 8. The summed E-state index contributed by atoms with van der Waals surface area (Å²) in [5.41, 5.74) is 2.46. The molecule has 0 fully saturated rings. The highest BCUT2D eigenvalue weighted by molar-refractivity contribution is 7.99. The molecule has 0 spiro atoms. The van der Waals surface area contributed by atoms with Crippen molar-refractivity contribution in [1.29, 1.82) is 0 Å². The van der Waals surface area contributed by atoms with Gasteiger partial charge >= 0.3 is 5.97 Å². The van der Waals surface area contributed by atoms with E-state index in [-0.39, 0.29) is 18.3 Å². The Morgan fingerprint density at radius 2 is 2.10 bits per heavy atom. The molecule has 0 aliphatic heterocycles. The number of thioether (sulfide) groups is 1. The quantitative estimate of drug-likeness (QED) is 0.693. The SMILES string of the molecule is CCN(CCC(=O)OC)C(=O)CSCc1cccc(C)c1. The van der Waals surface area contributed by atoms with Crippen LogP contribution in [0.1, 0.15) is 24.5 Å². The zero-order valence-electron chi connectivity index (χ0n) is 12.9. The minimum Gasteiger partial charge on any atom is -0.469 e. The molecule has 1 rings (SSSR count). The van der Waals surface area contributed by atoms with Gasteiger partial charge in [-0.3, -0.25) is 9.59 Å². The maximum absolute atomic E-state index is 12.1. The fourth-order valence-electron chi connectivity index (χ4n) is 1.94. The van der Waals surface area contributed by atoms with Crippen LogP contribution in [0.15, 0.2) is 24.3 Å². The van der Waals surface area contributed by atoms with Gasteiger partial charge in [0.15, 0.2) is 0 Å². The third-order valence-corrected chi connectivity index (χ3v) is 4.11. The fourth-order valence-corrected chi connectivity index (χ4v) is 2.81. The van der Waals surface area contributed by atoms with Crippen molar-refractivity contribution in [2.45, 2.75) is 26.0 Å². The fraction of sp³-hybridized carbons (Fsp3) is 0.500. The molecule has 1 aromatic rings. The van der Waals surface area contributed by atoms with Gasteiger partial charge in [0.2, 0.25) is 5.91 Å². The Morgan fingerprint density at radius 1 is 1.33 bits per heavy atom. The summed E-state index contributed by atoms with van der Waals surface area (Å²) in [5, 5.41) is 0. The Morgan fingerprint density at radius 3 is 2.71 bits per heavy atom. The van der Waals surface area contributed by atoms with E-state index >= 15 is 0 Å². The first-order valence-electron chi connectivity index (χ1n) is 7.04. The van der Waals surface area contributed by atoms with Crippen molar-refractivity contribution in [3.05, 3.63) is 35.4 Å². The largest absolute Gasteiger partial charge is 0.469 e. The van der Waals surface area contributed by atoms with E-state index in [2.05, 4.69) is 29.9 Å². The molecule has 0 saturated carbocycles. The Hall–Kier alpha value is -1.49. The van der Waals surface area contributed by atoms with Crippen LogP contribution in [0, 0.1) is 6.92 Å². The van der Waals surface area contributed by atoms with Gasteiger partial charge in [-0.2, -0.15) is 0 Å². The molecule has 0 aliphatic rings. The molecule has 21 heavy (non-hydrogen) atoms. The van der Waals surface area contributed by atoms with Crippen LogP contribution in [-0.2, 0) is 20.1 Å². The van der Waals surface area contributed by atoms with Gasteiger partial charge in [-0.05, 0) is 19.4 Å². The van der Waals surface area contributed by atoms with Crippen molar-refractivity contribution < 1.29 is 14.3 Å². The van der Waals surface area contributed by atoms with Crippen molar-refractivity contribution >= 4 is 23.6 Å². The van der Waals surface area contributed by atoms with Gasteiger partial charge in [0.05, 0.1) is 19.3 Å². The number of methoxy groups -OCH3 is 1. The standard InChI is InChI=1S/C16H23NO3S/c1-4-17(9-8-16(19)20-3)15(18)12-21-11-14-7-5-6-13(2)10-14/h5-7,10H,4,8-9,11-12H2,1-3H3. The second-order valence-corrected chi connectivity index (χ2v) is 5.77. The van der Waals surface area contributed by atoms with Gasteiger partial charge in [-0.1, -0.05) is 29.8 Å². The molecule has 0 aliphatic carbocycles. The van der Waals surface area contributed by atoms with E-state index in [0.29, 0.717) is 18.8 Å². The molecule has 0 radical (unpaired) electrons. The highest BCUT2D eigenvalue weighted by atomic mass is 32.2. The van der Waals surface area contributed by atoms with Gasteiger partial charge in [0, 0.05) is 18.8 Å². The summed E-state index contributed by atoms with van der Waals surface area (Å²) in [5.74, 6) is 1.04. The number of benzene rings is 1. The number of hydrogen-bond donors (Lipinski definition) is 0. The number of carbonyl (C=O) groups is 2. The monoisotopic (exact) mass is 309 g/mol. The summed E-state index contributed by atoms with van der Waals surface area (Å²) >= 11 is 1.60. The number of aryl methyl sites for hydroxylation is 1. The van der Waals surface area contributed by atoms with Crippen molar-refractivity contribution in [3.63, 3.8) is 0 Å². The number of carbonyl (C=O) groups excluding carboxylic acids is 2. The van der Waals surface area contributed by atoms with Crippen LogP contribution in [0.3, 0.4) is 0 Å². The molecule has 0 atom stereocenters. The molecule has 0 unspecified atom stereocenters. The Labute approximate surface area is 130 Å². The minimum atomic E-state index is -0.284. The molecular weight excluding hydrogens is 286 g/mol. The molecule has 0 heterocycles. The molecule has 0 aromatic heterocycles. The normalized spacial score (nSPS) is 10.2. The van der Waals surface area contributed by atoms with Crippen molar-refractivity contribution in [2.24, 2.45) is 0 Å². The number of ether oxygens (including phenoxy) is 1. The van der Waals surface area contributed by atoms with Crippen LogP contribution < -0.4 is 0 Å². The van der Waals surface area contributed by atoms with Gasteiger partial charge in [0.1, 0.15) is 0 Å². The summed E-state index contributed by atoms with van der Waals surface area (Å²) in [6.45, 7) is 5.01. The topological polar surface area (TPSA) is 46.6 Å². The van der Waals surface area contributed by atoms with E-state index in [4.69, 9.17) is 0 Å². The van der Waals surface area contributed by atoms with Crippen LogP contribution >= 0.6 is 11.8 Å². The first-order valence-corrected chi connectivity index (χ1v) is 8.20. The molecule has 1 amide bonds. The predicted octanol–water partition coefficient (Wildman–Crippen LogP) is 2.64. The molecule has 5 heteroatoms. The Kier molecular flexibility index (Phi) is 7.90. The number of hydrogen-bond acceptors (Lipinski definition) is 4. The smallest absolute Gasteiger partial charge is 0.307 e. The molecule has 0 saturated heterocycles. The zero-order chi connectivity index (χ0) is 15.7. The highest BCUT2D eigenvalue weighted by Gasteiger charge is 2.13. The number of esters is 1. The molecule has 0 bridgehead atoms. The van der Waals surface area contributed by atoms with Crippen molar-refractivity contribution in [2.75, 3.05) is 26.0 Å². The number of nitrogens with zero attached hydrogens (tertiary/aromatic N) is 1. The maximum atomic E-state index is 12.1. The summed E-state index contributed by atoms with van der Waals surface area (Å²) in [6.07, 6.45) is 0.249. The Bertz CT molecular complexity index is 476. The van der Waals surface area contributed by atoms with Crippen LogP contribution in [0.25, 0.3) is 0 Å². The lowest BCUT2D eigenvalue weighted by molar-refractivity contribution is -0.141. The molecule has 4 nitrogen and oxygen atoms in total. The van der Waals surface area contributed by atoms with Crippen LogP contribution in [0.2, 0.25) is 0 Å². The second kappa shape index (κ2) is 9.45. The first kappa shape index (κ1) is 17.6. The lowest BCUT2D eigenvalue weighted by Gasteiger charge is -2.20. The van der Waals surface area contributed by atoms with Crippen LogP contribution in [-0.4, -0.2) is 42.7 Å². The van der Waals surface area contributed by atoms with Crippen molar-refractivity contribution in [1.82, 2.24) is 4.90 Å². The van der Waals surface area contributed by atoms with Crippen LogP contribution in [0.5, 0.6) is 0 Å². The van der Waals surface area contributed by atoms with E-state index in [9.17, 15) is 9.59 Å². The highest BCUT2D eigenvalue weighted by Crippen LogP contribution is 2.14. The lowest BCUT2D eigenvalue weighted by atomic mass is 10.2. The molecular formula is C16H23NO3S. The average Bonchev–Trinajstić information content (AvgIpc) is 2.47. The lowest BCUT2D eigenvalue weighted by Crippen LogP contribution is -2.34. The first-order chi connectivity index (χ1) is 10.1. The summed E-state index contributed by atoms with van der Waals surface area (Å²) in [4.78, 5) is 24.9. The maximum Gasteiger partial charge on any atom is 0.307 e. The summed E-state index contributed by atoms with van der Waals surface area (Å²) < 4.78 is 4.59.